The van der Waals surface area contributed by atoms with E-state index < -0.39 is 5.60 Å². The van der Waals surface area contributed by atoms with Gasteiger partial charge in [-0.05, 0) is 38.8 Å². The van der Waals surface area contributed by atoms with Gasteiger partial charge in [0.1, 0.15) is 0 Å². The molecule has 94 valence electrons. The highest BCUT2D eigenvalue weighted by Crippen LogP contribution is 2.25. The number of nitrogens with two attached hydrogens (primary N) is 1. The highest BCUT2D eigenvalue weighted by atomic mass is 16.3. The molecule has 0 amide bonds. The summed E-state index contributed by atoms with van der Waals surface area (Å²) in [5.41, 5.74) is 7.15. The zero-order chi connectivity index (χ0) is 12.5. The molecule has 0 saturated carbocycles. The van der Waals surface area contributed by atoms with Gasteiger partial charge in [-0.3, -0.25) is 4.98 Å². The Balaban J connectivity index is 2.12. The molecule has 0 spiro atoms. The van der Waals surface area contributed by atoms with Crippen LogP contribution in [-0.2, 0) is 0 Å². The number of anilines is 1. The van der Waals surface area contributed by atoms with Crippen molar-refractivity contribution >= 4 is 5.69 Å². The Morgan fingerprint density at radius 2 is 2.29 bits per heavy atom. The van der Waals surface area contributed by atoms with Gasteiger partial charge in [-0.25, -0.2) is 0 Å². The Hall–Kier alpha value is -1.13. The first kappa shape index (κ1) is 12.3. The lowest BCUT2D eigenvalue weighted by Gasteiger charge is -2.38. The molecule has 0 bridgehead atoms. The van der Waals surface area contributed by atoms with Crippen LogP contribution in [0.2, 0.25) is 0 Å². The maximum Gasteiger partial charge on any atom is 0.0794 e. The summed E-state index contributed by atoms with van der Waals surface area (Å²) in [7, 11) is 0. The highest BCUT2D eigenvalue weighted by Gasteiger charge is 2.28. The number of hydrogen-bond acceptors (Lipinski definition) is 4. The largest absolute Gasteiger partial charge is 0.388 e. The van der Waals surface area contributed by atoms with E-state index in [4.69, 9.17) is 5.73 Å². The average molecular weight is 235 g/mol. The second-order valence-electron chi connectivity index (χ2n) is 5.25. The van der Waals surface area contributed by atoms with Gasteiger partial charge in [0.15, 0.2) is 0 Å². The number of aliphatic hydroxyl groups is 1. The Bertz CT molecular complexity index is 373. The predicted molar refractivity (Wildman–Crippen MR) is 68.9 cm³/mol. The summed E-state index contributed by atoms with van der Waals surface area (Å²) in [6, 6.07) is 3.96. The maximum atomic E-state index is 10.1. The van der Waals surface area contributed by atoms with Crippen LogP contribution in [0.25, 0.3) is 0 Å². The van der Waals surface area contributed by atoms with Gasteiger partial charge in [0.2, 0.25) is 0 Å². The molecule has 1 aromatic rings. The molecular weight excluding hydrogens is 214 g/mol. The summed E-state index contributed by atoms with van der Waals surface area (Å²) in [5.74, 6) is 0. The minimum absolute atomic E-state index is 0.0338. The van der Waals surface area contributed by atoms with Crippen molar-refractivity contribution in [3.8, 4) is 0 Å². The van der Waals surface area contributed by atoms with Crippen LogP contribution in [0, 0.1) is 0 Å². The van der Waals surface area contributed by atoms with Crippen molar-refractivity contribution in [3.05, 3.63) is 24.0 Å². The Labute approximate surface area is 102 Å². The fourth-order valence-electron chi connectivity index (χ4n) is 2.29. The van der Waals surface area contributed by atoms with E-state index in [9.17, 15) is 5.11 Å². The number of β-amino-alcohol motifs (C(OH)–C–C–N with tert-alkyl or cyclic N) is 1. The molecule has 4 nitrogen and oxygen atoms in total. The SMILES string of the molecule is C[C@H](N)c1ccc(N2CCCC(C)(O)C2)cn1. The zero-order valence-electron chi connectivity index (χ0n) is 10.6. The quantitative estimate of drug-likeness (QED) is 0.814. The number of nitrogens with zero attached hydrogens (tertiary/aromatic N) is 2. The Morgan fingerprint density at radius 1 is 1.53 bits per heavy atom. The smallest absolute Gasteiger partial charge is 0.0794 e. The van der Waals surface area contributed by atoms with Crippen LogP contribution >= 0.6 is 0 Å². The first-order valence-corrected chi connectivity index (χ1v) is 6.17. The van der Waals surface area contributed by atoms with Crippen molar-refractivity contribution in [2.45, 2.75) is 38.3 Å². The molecule has 1 saturated heterocycles. The van der Waals surface area contributed by atoms with E-state index in [0.717, 1.165) is 30.8 Å². The molecule has 0 aromatic carbocycles. The number of piperidine rings is 1. The van der Waals surface area contributed by atoms with Crippen LogP contribution in [0.3, 0.4) is 0 Å². The zero-order valence-corrected chi connectivity index (χ0v) is 10.6. The van der Waals surface area contributed by atoms with Crippen molar-refractivity contribution < 1.29 is 5.11 Å². The van der Waals surface area contributed by atoms with Crippen molar-refractivity contribution in [1.29, 1.82) is 0 Å². The second kappa shape index (κ2) is 4.63. The molecular formula is C13H21N3O. The van der Waals surface area contributed by atoms with Crippen LogP contribution in [0.5, 0.6) is 0 Å². The Morgan fingerprint density at radius 3 is 2.82 bits per heavy atom. The third-order valence-corrected chi connectivity index (χ3v) is 3.28. The van der Waals surface area contributed by atoms with Gasteiger partial charge in [0.05, 0.1) is 23.2 Å². The molecule has 17 heavy (non-hydrogen) atoms. The van der Waals surface area contributed by atoms with Crippen molar-refractivity contribution in [3.63, 3.8) is 0 Å². The van der Waals surface area contributed by atoms with E-state index in [2.05, 4.69) is 9.88 Å². The number of aromatic nitrogens is 1. The van der Waals surface area contributed by atoms with Gasteiger partial charge < -0.3 is 15.7 Å². The van der Waals surface area contributed by atoms with Crippen molar-refractivity contribution in [2.75, 3.05) is 18.0 Å². The summed E-state index contributed by atoms with van der Waals surface area (Å²) in [6.07, 6.45) is 3.73. The van der Waals surface area contributed by atoms with Gasteiger partial charge in [-0.15, -0.1) is 0 Å². The molecule has 2 heterocycles. The van der Waals surface area contributed by atoms with E-state index in [1.165, 1.54) is 0 Å². The lowest BCUT2D eigenvalue weighted by atomic mass is 9.95. The van der Waals surface area contributed by atoms with E-state index in [1.54, 1.807) is 0 Å². The third-order valence-electron chi connectivity index (χ3n) is 3.28. The van der Waals surface area contributed by atoms with E-state index in [0.29, 0.717) is 6.54 Å². The predicted octanol–water partition coefficient (Wildman–Crippen LogP) is 1.45. The molecule has 0 aliphatic carbocycles. The summed E-state index contributed by atoms with van der Waals surface area (Å²) >= 11 is 0. The topological polar surface area (TPSA) is 62.4 Å². The maximum absolute atomic E-state index is 10.1. The van der Waals surface area contributed by atoms with Crippen LogP contribution in [0.15, 0.2) is 18.3 Å². The number of rotatable bonds is 2. The molecule has 1 aromatic heterocycles. The summed E-state index contributed by atoms with van der Waals surface area (Å²) in [6.45, 7) is 5.47. The van der Waals surface area contributed by atoms with E-state index >= 15 is 0 Å². The summed E-state index contributed by atoms with van der Waals surface area (Å²) in [5, 5.41) is 10.1. The van der Waals surface area contributed by atoms with Crippen LogP contribution < -0.4 is 10.6 Å². The first-order chi connectivity index (χ1) is 7.98. The lowest BCUT2D eigenvalue weighted by molar-refractivity contribution is 0.0449. The molecule has 4 heteroatoms. The van der Waals surface area contributed by atoms with Gasteiger partial charge in [0.25, 0.3) is 0 Å². The number of hydrogen-bond donors (Lipinski definition) is 2. The molecule has 2 rings (SSSR count). The van der Waals surface area contributed by atoms with Gasteiger partial charge >= 0.3 is 0 Å². The van der Waals surface area contributed by atoms with Crippen molar-refractivity contribution in [2.24, 2.45) is 5.73 Å². The van der Waals surface area contributed by atoms with Crippen LogP contribution in [-0.4, -0.2) is 28.8 Å². The fraction of sp³-hybridized carbons (Fsp3) is 0.615. The standard InChI is InChI=1S/C13H21N3O/c1-10(14)12-5-4-11(8-15-12)16-7-3-6-13(2,17)9-16/h4-5,8,10,17H,3,6-7,9,14H2,1-2H3/t10-,13?/m0/s1. The summed E-state index contributed by atoms with van der Waals surface area (Å²) < 4.78 is 0. The highest BCUT2D eigenvalue weighted by molar-refractivity contribution is 5.45. The molecule has 1 aliphatic heterocycles. The van der Waals surface area contributed by atoms with E-state index in [1.807, 2.05) is 32.2 Å². The molecule has 0 radical (unpaired) electrons. The lowest BCUT2D eigenvalue weighted by Crippen LogP contribution is -2.46. The minimum atomic E-state index is -0.585. The normalized spacial score (nSPS) is 26.9. The molecule has 1 fully saturated rings. The first-order valence-electron chi connectivity index (χ1n) is 6.17. The monoisotopic (exact) mass is 235 g/mol. The van der Waals surface area contributed by atoms with Crippen LogP contribution in [0.4, 0.5) is 5.69 Å². The van der Waals surface area contributed by atoms with Gasteiger partial charge in [-0.1, -0.05) is 0 Å². The minimum Gasteiger partial charge on any atom is -0.388 e. The van der Waals surface area contributed by atoms with Gasteiger partial charge in [0, 0.05) is 19.1 Å². The van der Waals surface area contributed by atoms with Crippen molar-refractivity contribution in [1.82, 2.24) is 4.98 Å². The molecule has 1 aliphatic rings. The fourth-order valence-corrected chi connectivity index (χ4v) is 2.29. The molecule has 1 unspecified atom stereocenters. The number of pyridine rings is 1. The third kappa shape index (κ3) is 2.96. The molecule has 3 N–H and O–H groups in total. The van der Waals surface area contributed by atoms with Crippen LogP contribution in [0.1, 0.15) is 38.4 Å². The Kier molecular flexibility index (Phi) is 3.35. The molecule has 2 atom stereocenters. The average Bonchev–Trinajstić information content (AvgIpc) is 2.28. The van der Waals surface area contributed by atoms with E-state index in [-0.39, 0.29) is 6.04 Å². The summed E-state index contributed by atoms with van der Waals surface area (Å²) in [4.78, 5) is 6.53. The van der Waals surface area contributed by atoms with Gasteiger partial charge in [-0.2, -0.15) is 0 Å². The second-order valence-corrected chi connectivity index (χ2v) is 5.25.